The first-order chi connectivity index (χ1) is 24.4. The molecule has 2 saturated heterocycles. The van der Waals surface area contributed by atoms with Crippen molar-refractivity contribution in [3.05, 3.63) is 30.5 Å². The number of nitrogens with zero attached hydrogens (tertiary/aromatic N) is 3. The van der Waals surface area contributed by atoms with Crippen molar-refractivity contribution in [2.75, 3.05) is 6.54 Å². The minimum Gasteiger partial charge on any atom is -0.471 e. The van der Waals surface area contributed by atoms with Gasteiger partial charge in [0, 0.05) is 24.2 Å². The highest BCUT2D eigenvalue weighted by Gasteiger charge is 2.88. The molecule has 1 aromatic heterocycles. The van der Waals surface area contributed by atoms with E-state index in [2.05, 4.69) is 25.3 Å². The Kier molecular flexibility index (Phi) is 8.89. The smallest absolute Gasteiger partial charge is 0.408 e. The standard InChI is InChI=1S/C35H44F2N6O8S/c1-32(2,3)51-31(47)40-24-11-5-4-8-14-35(36,37)26-16-33(26)19-34(33,30(46)42-52(48,49)21-12-13-21)41-28(44)25-15-20(18-43(25)29(24)45)50-27-17-38-22-9-6-7-10-23(22)39-27/h6-7,9-10,17,20-21,24-26H,4-5,8,11-16,18-19H2,1-3H3,(H,40,47)(H,41,44)(H,42,46)/t20-,24+,25+,26-,33?,34+/m1/s1. The summed E-state index contributed by atoms with van der Waals surface area (Å²) < 4.78 is 70.7. The Labute approximate surface area is 300 Å². The maximum atomic E-state index is 15.7. The van der Waals surface area contributed by atoms with Gasteiger partial charge in [-0.1, -0.05) is 25.0 Å². The van der Waals surface area contributed by atoms with Gasteiger partial charge in [0.05, 0.1) is 29.0 Å². The molecule has 282 valence electrons. The van der Waals surface area contributed by atoms with Crippen molar-refractivity contribution in [3.8, 4) is 5.88 Å². The third-order valence-electron chi connectivity index (χ3n) is 10.9. The second-order valence-corrected chi connectivity index (χ2v) is 17.9. The number of aromatic nitrogens is 2. The molecular weight excluding hydrogens is 702 g/mol. The Morgan fingerprint density at radius 2 is 1.79 bits per heavy atom. The summed E-state index contributed by atoms with van der Waals surface area (Å²) in [5.41, 5.74) is -2.91. The van der Waals surface area contributed by atoms with E-state index in [0.29, 0.717) is 36.7 Å². The number of hydrogen-bond donors (Lipinski definition) is 3. The number of nitrogens with one attached hydrogen (secondary N) is 3. The van der Waals surface area contributed by atoms with Crippen molar-refractivity contribution in [1.29, 1.82) is 0 Å². The summed E-state index contributed by atoms with van der Waals surface area (Å²) in [6.45, 7) is 4.89. The third-order valence-corrected chi connectivity index (χ3v) is 12.7. The van der Waals surface area contributed by atoms with E-state index >= 15 is 8.78 Å². The molecular formula is C35H44F2N6O8S. The normalized spacial score (nSPS) is 31.8. The van der Waals surface area contributed by atoms with E-state index in [-0.39, 0.29) is 44.5 Å². The van der Waals surface area contributed by atoms with E-state index in [0.717, 1.165) is 0 Å². The topological polar surface area (TPSA) is 186 Å². The summed E-state index contributed by atoms with van der Waals surface area (Å²) in [5, 5.41) is 4.55. The van der Waals surface area contributed by atoms with E-state index in [1.807, 2.05) is 6.07 Å². The highest BCUT2D eigenvalue weighted by molar-refractivity contribution is 7.91. The molecule has 4 amide bonds. The zero-order valence-corrected chi connectivity index (χ0v) is 30.1. The first-order valence-corrected chi connectivity index (χ1v) is 19.4. The lowest BCUT2D eigenvalue weighted by Gasteiger charge is -2.30. The van der Waals surface area contributed by atoms with Crippen LogP contribution in [0.3, 0.4) is 0 Å². The number of rotatable bonds is 6. The fourth-order valence-electron chi connectivity index (χ4n) is 7.97. The number of carbonyl (C=O) groups is 4. The molecule has 52 heavy (non-hydrogen) atoms. The minimum absolute atomic E-state index is 0.0568. The molecule has 3 aliphatic carbocycles. The Morgan fingerprint density at radius 1 is 1.06 bits per heavy atom. The van der Waals surface area contributed by atoms with Gasteiger partial charge in [0.25, 0.3) is 11.8 Å². The summed E-state index contributed by atoms with van der Waals surface area (Å²) in [7, 11) is -4.07. The predicted molar refractivity (Wildman–Crippen MR) is 181 cm³/mol. The van der Waals surface area contributed by atoms with Gasteiger partial charge in [-0.15, -0.1) is 0 Å². The van der Waals surface area contributed by atoms with Gasteiger partial charge in [0.15, 0.2) is 0 Å². The Morgan fingerprint density at radius 3 is 2.50 bits per heavy atom. The van der Waals surface area contributed by atoms with Crippen LogP contribution in [-0.4, -0.2) is 94.1 Å². The van der Waals surface area contributed by atoms with Crippen molar-refractivity contribution in [3.63, 3.8) is 0 Å². The van der Waals surface area contributed by atoms with E-state index < -0.39 is 92.1 Å². The van der Waals surface area contributed by atoms with Crippen LogP contribution in [0.2, 0.25) is 0 Å². The maximum Gasteiger partial charge on any atom is 0.408 e. The fraction of sp³-hybridized carbons (Fsp3) is 0.657. The van der Waals surface area contributed by atoms with Crippen LogP contribution >= 0.6 is 0 Å². The lowest BCUT2D eigenvalue weighted by molar-refractivity contribution is -0.141. The summed E-state index contributed by atoms with van der Waals surface area (Å²) in [6.07, 6.45) is 0.603. The van der Waals surface area contributed by atoms with Gasteiger partial charge >= 0.3 is 6.09 Å². The number of para-hydroxylation sites is 2. The number of amides is 4. The quantitative estimate of drug-likeness (QED) is 0.396. The van der Waals surface area contributed by atoms with Crippen LogP contribution in [0.25, 0.3) is 11.0 Å². The second-order valence-electron chi connectivity index (χ2n) is 15.9. The zero-order valence-electron chi connectivity index (χ0n) is 29.3. The molecule has 3 saturated carbocycles. The van der Waals surface area contributed by atoms with E-state index in [1.165, 1.54) is 11.1 Å². The number of alkyl carbamates (subject to hydrolysis) is 1. The minimum atomic E-state index is -4.07. The van der Waals surface area contributed by atoms with Gasteiger partial charge in [-0.05, 0) is 71.4 Å². The van der Waals surface area contributed by atoms with Crippen molar-refractivity contribution in [2.24, 2.45) is 11.3 Å². The molecule has 5 fully saturated rings. The van der Waals surface area contributed by atoms with Gasteiger partial charge < -0.3 is 25.0 Å². The molecule has 3 N–H and O–H groups in total. The molecule has 14 nitrogen and oxygen atoms in total. The van der Waals surface area contributed by atoms with Crippen molar-refractivity contribution < 1.29 is 45.9 Å². The van der Waals surface area contributed by atoms with Crippen LogP contribution in [0.4, 0.5) is 13.6 Å². The van der Waals surface area contributed by atoms with Gasteiger partial charge in [0.1, 0.15) is 29.3 Å². The average Bonchev–Trinajstić information content (AvgIpc) is 4.00. The molecule has 1 spiro atoms. The summed E-state index contributed by atoms with van der Waals surface area (Å²) in [6, 6.07) is 4.71. The first kappa shape index (κ1) is 36.2. The Bertz CT molecular complexity index is 1900. The second kappa shape index (κ2) is 12.8. The van der Waals surface area contributed by atoms with Crippen LogP contribution in [0.5, 0.6) is 5.88 Å². The molecule has 3 heterocycles. The van der Waals surface area contributed by atoms with Crippen molar-refractivity contribution in [2.45, 2.75) is 125 Å². The lowest BCUT2D eigenvalue weighted by Crippen LogP contribution is -2.59. The van der Waals surface area contributed by atoms with Gasteiger partial charge in [-0.3, -0.25) is 19.1 Å². The number of alkyl halides is 2. The van der Waals surface area contributed by atoms with Crippen LogP contribution in [0.1, 0.15) is 85.0 Å². The highest BCUT2D eigenvalue weighted by atomic mass is 32.2. The predicted octanol–water partition coefficient (Wildman–Crippen LogP) is 3.34. The van der Waals surface area contributed by atoms with Crippen molar-refractivity contribution >= 4 is 44.9 Å². The van der Waals surface area contributed by atoms with Crippen LogP contribution in [0.15, 0.2) is 30.5 Å². The molecule has 6 atom stereocenters. The summed E-state index contributed by atoms with van der Waals surface area (Å²) >= 11 is 0. The zero-order chi connectivity index (χ0) is 37.3. The molecule has 5 aliphatic rings. The number of halogens is 2. The van der Waals surface area contributed by atoms with Crippen LogP contribution in [0, 0.1) is 11.3 Å². The van der Waals surface area contributed by atoms with E-state index in [4.69, 9.17) is 9.47 Å². The molecule has 0 radical (unpaired) electrons. The maximum absolute atomic E-state index is 15.7. The first-order valence-electron chi connectivity index (χ1n) is 17.9. The highest BCUT2D eigenvalue weighted by Crippen LogP contribution is 2.80. The van der Waals surface area contributed by atoms with Gasteiger partial charge in [-0.25, -0.2) is 32.0 Å². The number of fused-ring (bicyclic) bond motifs is 2. The number of hydrogen-bond acceptors (Lipinski definition) is 10. The molecule has 1 aromatic carbocycles. The summed E-state index contributed by atoms with van der Waals surface area (Å²) in [5.74, 6) is -6.74. The fourth-order valence-corrected chi connectivity index (χ4v) is 9.32. The van der Waals surface area contributed by atoms with E-state index in [9.17, 15) is 27.6 Å². The van der Waals surface area contributed by atoms with Gasteiger partial charge in [-0.2, -0.15) is 0 Å². The number of ether oxygens (including phenoxy) is 2. The number of benzene rings is 1. The van der Waals surface area contributed by atoms with E-state index in [1.54, 1.807) is 39.0 Å². The summed E-state index contributed by atoms with van der Waals surface area (Å²) in [4.78, 5) is 65.5. The third kappa shape index (κ3) is 6.99. The van der Waals surface area contributed by atoms with Crippen LogP contribution < -0.4 is 20.1 Å². The number of sulfonamides is 1. The largest absolute Gasteiger partial charge is 0.471 e. The lowest BCUT2D eigenvalue weighted by atomic mass is 10.00. The molecule has 2 aliphatic heterocycles. The average molecular weight is 747 g/mol. The SMILES string of the molecule is CC(C)(C)OC(=O)N[C@H]1CCCCCC(F)(F)[C@@H]2CC23C[C@@]3(C(=O)NS(=O)(=O)C2CC2)NC(=O)[C@@H]2C[C@@H](Oc3cnc4ccccc4n3)CN2C1=O. The molecule has 1 unspecified atom stereocenters. The molecule has 0 bridgehead atoms. The molecule has 2 aromatic rings. The monoisotopic (exact) mass is 746 g/mol. The van der Waals surface area contributed by atoms with Crippen molar-refractivity contribution in [1.82, 2.24) is 30.2 Å². The number of carbonyl (C=O) groups excluding carboxylic acids is 4. The van der Waals surface area contributed by atoms with Crippen LogP contribution in [-0.2, 0) is 29.1 Å². The Balaban J connectivity index is 1.20. The molecule has 17 heteroatoms. The van der Waals surface area contributed by atoms with Gasteiger partial charge in [0.2, 0.25) is 27.7 Å². The molecule has 7 rings (SSSR count). The Hall–Kier alpha value is -4.15.